The molecule has 1 N–H and O–H groups in total. The fourth-order valence-electron chi connectivity index (χ4n) is 3.86. The zero-order valence-corrected chi connectivity index (χ0v) is 19.1. The molecule has 0 spiro atoms. The number of aromatic nitrogens is 4. The first-order valence-electron chi connectivity index (χ1n) is 10.7. The summed E-state index contributed by atoms with van der Waals surface area (Å²) in [5.41, 5.74) is 3.18. The van der Waals surface area contributed by atoms with E-state index in [0.29, 0.717) is 22.8 Å². The summed E-state index contributed by atoms with van der Waals surface area (Å²) in [6.45, 7) is 3.07. The molecule has 0 bridgehead atoms. The van der Waals surface area contributed by atoms with Crippen LogP contribution >= 0.6 is 11.3 Å². The first-order chi connectivity index (χ1) is 16.7. The number of halogens is 4. The molecule has 184 valence electrons. The normalized spacial score (nSPS) is 15.1. The minimum atomic E-state index is -5.08. The number of likely N-dealkylation sites (tertiary alicyclic amines) is 1. The lowest BCUT2D eigenvalue weighted by Crippen LogP contribution is -2.33. The van der Waals surface area contributed by atoms with Gasteiger partial charge in [-0.2, -0.15) is 34.1 Å². The SMILES string of the molecule is Fc1ccccc1-c1ccc2nnc(C3CCN(Cc4ccsc4)CC3)n2n1.O=C(O)C(F)(F)F. The van der Waals surface area contributed by atoms with Crippen LogP contribution in [-0.2, 0) is 11.3 Å². The fraction of sp³-hybridized carbons (Fsp3) is 0.304. The van der Waals surface area contributed by atoms with E-state index in [4.69, 9.17) is 9.90 Å². The number of aliphatic carboxylic acids is 1. The Hall–Kier alpha value is -3.38. The Morgan fingerprint density at radius 3 is 2.43 bits per heavy atom. The summed E-state index contributed by atoms with van der Waals surface area (Å²) in [6, 6.07) is 12.6. The largest absolute Gasteiger partial charge is 0.490 e. The van der Waals surface area contributed by atoms with Crippen molar-refractivity contribution < 1.29 is 27.5 Å². The number of nitrogens with zero attached hydrogens (tertiary/aromatic N) is 5. The van der Waals surface area contributed by atoms with Crippen molar-refractivity contribution in [2.45, 2.75) is 31.5 Å². The van der Waals surface area contributed by atoms with E-state index in [1.165, 1.54) is 11.6 Å². The topological polar surface area (TPSA) is 83.6 Å². The van der Waals surface area contributed by atoms with Crippen LogP contribution in [0.15, 0.2) is 53.2 Å². The molecule has 12 heteroatoms. The number of thiophene rings is 1. The highest BCUT2D eigenvalue weighted by Crippen LogP contribution is 2.29. The second-order valence-corrected chi connectivity index (χ2v) is 8.79. The number of carbonyl (C=O) groups is 1. The summed E-state index contributed by atoms with van der Waals surface area (Å²) in [5.74, 6) is -1.83. The Morgan fingerprint density at radius 2 is 1.80 bits per heavy atom. The maximum Gasteiger partial charge on any atom is 0.490 e. The molecule has 0 aliphatic carbocycles. The molecular formula is C23H21F4N5O2S. The van der Waals surface area contributed by atoms with Crippen LogP contribution in [-0.4, -0.2) is 55.1 Å². The van der Waals surface area contributed by atoms with E-state index in [0.717, 1.165) is 38.3 Å². The molecule has 1 aliphatic rings. The monoisotopic (exact) mass is 507 g/mol. The molecule has 7 nitrogen and oxygen atoms in total. The molecule has 3 aromatic heterocycles. The zero-order chi connectivity index (χ0) is 25.0. The number of carboxylic acids is 1. The van der Waals surface area contributed by atoms with Crippen molar-refractivity contribution in [1.82, 2.24) is 24.7 Å². The van der Waals surface area contributed by atoms with Gasteiger partial charge in [0.2, 0.25) is 0 Å². The molecule has 0 amide bonds. The lowest BCUT2D eigenvalue weighted by atomic mass is 9.96. The second kappa shape index (κ2) is 10.5. The summed E-state index contributed by atoms with van der Waals surface area (Å²) in [5, 5.41) is 24.8. The molecule has 0 atom stereocenters. The van der Waals surface area contributed by atoms with E-state index in [9.17, 15) is 17.6 Å². The van der Waals surface area contributed by atoms with Gasteiger partial charge in [0.25, 0.3) is 0 Å². The van der Waals surface area contributed by atoms with Crippen molar-refractivity contribution in [3.05, 3.63) is 70.4 Å². The summed E-state index contributed by atoms with van der Waals surface area (Å²) in [4.78, 5) is 11.4. The highest BCUT2D eigenvalue weighted by Gasteiger charge is 2.38. The third kappa shape index (κ3) is 6.01. The van der Waals surface area contributed by atoms with Gasteiger partial charge in [0.05, 0.1) is 5.69 Å². The molecule has 1 saturated heterocycles. The average Bonchev–Trinajstić information content (AvgIpc) is 3.49. The predicted molar refractivity (Wildman–Crippen MR) is 121 cm³/mol. The molecule has 1 fully saturated rings. The van der Waals surface area contributed by atoms with Crippen LogP contribution < -0.4 is 0 Å². The molecule has 4 heterocycles. The number of fused-ring (bicyclic) bond motifs is 1. The van der Waals surface area contributed by atoms with Gasteiger partial charge >= 0.3 is 12.1 Å². The van der Waals surface area contributed by atoms with Crippen molar-refractivity contribution >= 4 is 23.0 Å². The second-order valence-electron chi connectivity index (χ2n) is 8.01. The zero-order valence-electron chi connectivity index (χ0n) is 18.3. The van der Waals surface area contributed by atoms with Gasteiger partial charge in [-0.25, -0.2) is 9.18 Å². The van der Waals surface area contributed by atoms with E-state index in [2.05, 4.69) is 37.0 Å². The number of benzene rings is 1. The third-order valence-corrected chi connectivity index (χ3v) is 6.35. The fourth-order valence-corrected chi connectivity index (χ4v) is 4.52. The Bertz CT molecular complexity index is 1280. The Kier molecular flexibility index (Phi) is 7.41. The lowest BCUT2D eigenvalue weighted by Gasteiger charge is -2.30. The van der Waals surface area contributed by atoms with Crippen LogP contribution in [0.5, 0.6) is 0 Å². The highest BCUT2D eigenvalue weighted by molar-refractivity contribution is 7.07. The van der Waals surface area contributed by atoms with Crippen molar-refractivity contribution in [3.63, 3.8) is 0 Å². The maximum absolute atomic E-state index is 14.2. The minimum absolute atomic E-state index is 0.272. The number of carboxylic acid groups (broad SMARTS) is 1. The van der Waals surface area contributed by atoms with Crippen LogP contribution in [0.3, 0.4) is 0 Å². The number of hydrogen-bond donors (Lipinski definition) is 1. The maximum atomic E-state index is 14.2. The molecule has 1 aliphatic heterocycles. The summed E-state index contributed by atoms with van der Waals surface area (Å²) >= 11 is 1.75. The van der Waals surface area contributed by atoms with Gasteiger partial charge in [0.1, 0.15) is 5.82 Å². The summed E-state index contributed by atoms with van der Waals surface area (Å²) < 4.78 is 47.7. The van der Waals surface area contributed by atoms with Crippen LogP contribution in [0, 0.1) is 5.82 Å². The van der Waals surface area contributed by atoms with Crippen LogP contribution in [0.25, 0.3) is 16.9 Å². The van der Waals surface area contributed by atoms with Gasteiger partial charge in [-0.05, 0) is 72.6 Å². The Labute approximate surface area is 201 Å². The summed E-state index contributed by atoms with van der Waals surface area (Å²) in [6.07, 6.45) is -3.03. The molecular weight excluding hydrogens is 486 g/mol. The van der Waals surface area contributed by atoms with E-state index >= 15 is 0 Å². The van der Waals surface area contributed by atoms with Gasteiger partial charge in [-0.3, -0.25) is 4.90 Å². The molecule has 0 radical (unpaired) electrons. The van der Waals surface area contributed by atoms with Crippen LogP contribution in [0.4, 0.5) is 17.6 Å². The predicted octanol–water partition coefficient (Wildman–Crippen LogP) is 5.00. The number of hydrogen-bond acceptors (Lipinski definition) is 6. The standard InChI is InChI=1S/C21H20FN5S.C2HF3O2/c22-18-4-2-1-3-17(18)19-5-6-20-23-24-21(27(20)25-19)16-7-10-26(11-8-16)13-15-9-12-28-14-15;3-2(4,5)1(6)7/h1-6,9,12,14,16H,7-8,10-11,13H2;(H,6,7). The van der Waals surface area contributed by atoms with Gasteiger partial charge < -0.3 is 5.11 Å². The van der Waals surface area contributed by atoms with Gasteiger partial charge in [-0.1, -0.05) is 12.1 Å². The molecule has 1 aromatic carbocycles. The number of rotatable bonds is 4. The third-order valence-electron chi connectivity index (χ3n) is 5.62. The van der Waals surface area contributed by atoms with Gasteiger partial charge in [0.15, 0.2) is 11.5 Å². The average molecular weight is 508 g/mol. The quantitative estimate of drug-likeness (QED) is 0.391. The van der Waals surface area contributed by atoms with E-state index in [-0.39, 0.29) is 5.82 Å². The molecule has 0 unspecified atom stereocenters. The number of piperidine rings is 1. The molecule has 35 heavy (non-hydrogen) atoms. The van der Waals surface area contributed by atoms with Crippen molar-refractivity contribution in [2.75, 3.05) is 13.1 Å². The van der Waals surface area contributed by atoms with E-state index in [1.54, 1.807) is 34.1 Å². The van der Waals surface area contributed by atoms with Crippen molar-refractivity contribution in [1.29, 1.82) is 0 Å². The van der Waals surface area contributed by atoms with Gasteiger partial charge in [-0.15, -0.1) is 10.2 Å². The van der Waals surface area contributed by atoms with Crippen LogP contribution in [0.2, 0.25) is 0 Å². The van der Waals surface area contributed by atoms with Crippen molar-refractivity contribution in [3.8, 4) is 11.3 Å². The molecule has 4 aromatic rings. The minimum Gasteiger partial charge on any atom is -0.475 e. The number of alkyl halides is 3. The molecule has 5 rings (SSSR count). The highest BCUT2D eigenvalue weighted by atomic mass is 32.1. The smallest absolute Gasteiger partial charge is 0.475 e. The van der Waals surface area contributed by atoms with Gasteiger partial charge in [0, 0.05) is 18.0 Å². The van der Waals surface area contributed by atoms with Crippen LogP contribution in [0.1, 0.15) is 30.1 Å². The first-order valence-corrected chi connectivity index (χ1v) is 11.7. The van der Waals surface area contributed by atoms with E-state index < -0.39 is 12.1 Å². The van der Waals surface area contributed by atoms with Crippen molar-refractivity contribution in [2.24, 2.45) is 0 Å². The molecule has 0 saturated carbocycles. The first kappa shape index (κ1) is 24.7. The summed E-state index contributed by atoms with van der Waals surface area (Å²) in [7, 11) is 0. The Morgan fingerprint density at radius 1 is 1.09 bits per heavy atom. The lowest BCUT2D eigenvalue weighted by molar-refractivity contribution is -0.192. The van der Waals surface area contributed by atoms with E-state index in [1.807, 2.05) is 12.1 Å². The Balaban J connectivity index is 0.000000364.